The van der Waals surface area contributed by atoms with Crippen molar-refractivity contribution in [2.75, 3.05) is 26.8 Å². The highest BCUT2D eigenvalue weighted by Gasteiger charge is 2.55. The van der Waals surface area contributed by atoms with Crippen LogP contribution in [-0.4, -0.2) is 37.8 Å². The summed E-state index contributed by atoms with van der Waals surface area (Å²) < 4.78 is 25.3. The summed E-state index contributed by atoms with van der Waals surface area (Å²) in [6.45, 7) is 2.02. The van der Waals surface area contributed by atoms with Gasteiger partial charge in [-0.2, -0.15) is 15.8 Å². The van der Waals surface area contributed by atoms with Crippen molar-refractivity contribution in [3.63, 3.8) is 0 Å². The van der Waals surface area contributed by atoms with Crippen molar-refractivity contribution in [1.82, 2.24) is 4.90 Å². The zero-order valence-electron chi connectivity index (χ0n) is 17.1. The van der Waals surface area contributed by atoms with Crippen LogP contribution in [0.3, 0.4) is 0 Å². The van der Waals surface area contributed by atoms with E-state index in [1.165, 1.54) is 30.2 Å². The number of allylic oxidation sites excluding steroid dienone is 2. The summed E-state index contributed by atoms with van der Waals surface area (Å²) in [4.78, 5) is 13.7. The van der Waals surface area contributed by atoms with E-state index in [1.807, 2.05) is 18.2 Å². The highest BCUT2D eigenvalue weighted by atomic mass is 19.1. The minimum Gasteiger partial charge on any atom is -0.497 e. The van der Waals surface area contributed by atoms with Gasteiger partial charge in [-0.25, -0.2) is 9.18 Å². The molecule has 2 atom stereocenters. The third-order valence-corrected chi connectivity index (χ3v) is 5.73. The lowest BCUT2D eigenvalue weighted by atomic mass is 9.58. The number of nitriles is 3. The smallest absolute Gasteiger partial charge is 0.410 e. The molecule has 3 rings (SSSR count). The number of fused-ring (bicyclic) bond motifs is 1. The monoisotopic (exact) mass is 421 g/mol. The van der Waals surface area contributed by atoms with Crippen molar-refractivity contribution in [3.8, 4) is 24.0 Å². The van der Waals surface area contributed by atoms with Gasteiger partial charge in [0, 0.05) is 24.9 Å². The Hall–Kier alpha value is -4.03. The molecular formula is C22H20FN5O3. The van der Waals surface area contributed by atoms with Crippen molar-refractivity contribution in [3.05, 3.63) is 52.5 Å². The molecule has 0 bridgehead atoms. The van der Waals surface area contributed by atoms with Gasteiger partial charge in [0.2, 0.25) is 0 Å². The summed E-state index contributed by atoms with van der Waals surface area (Å²) in [5.41, 5.74) is 4.50. The number of carbonyl (C=O) groups excluding carboxylic acids is 1. The van der Waals surface area contributed by atoms with Crippen molar-refractivity contribution < 1.29 is 18.7 Å². The number of amides is 1. The quantitative estimate of drug-likeness (QED) is 0.792. The Balaban J connectivity index is 2.29. The third kappa shape index (κ3) is 3.33. The van der Waals surface area contributed by atoms with Crippen LogP contribution in [0.1, 0.15) is 18.4 Å². The number of benzene rings is 1. The molecule has 1 aromatic carbocycles. The summed E-state index contributed by atoms with van der Waals surface area (Å²) in [5.74, 6) is -2.14. The van der Waals surface area contributed by atoms with Crippen LogP contribution in [-0.2, 0) is 4.74 Å². The normalized spacial score (nSPS) is 21.7. The summed E-state index contributed by atoms with van der Waals surface area (Å²) >= 11 is 0. The second-order valence-electron chi connectivity index (χ2n) is 7.17. The topological polar surface area (TPSA) is 136 Å². The summed E-state index contributed by atoms with van der Waals surface area (Å²) in [6, 6.07) is 9.87. The molecule has 0 saturated heterocycles. The van der Waals surface area contributed by atoms with Gasteiger partial charge in [-0.3, -0.25) is 0 Å². The number of ether oxygens (including phenoxy) is 2. The molecule has 1 aromatic rings. The average molecular weight is 421 g/mol. The first-order chi connectivity index (χ1) is 14.9. The van der Waals surface area contributed by atoms with E-state index in [1.54, 1.807) is 13.0 Å². The number of methoxy groups -OCH3 is 1. The van der Waals surface area contributed by atoms with Crippen molar-refractivity contribution in [2.45, 2.75) is 12.8 Å². The van der Waals surface area contributed by atoms with Crippen LogP contribution in [0.25, 0.3) is 0 Å². The number of nitrogens with zero attached hydrogens (tertiary/aromatic N) is 4. The van der Waals surface area contributed by atoms with E-state index >= 15 is 4.39 Å². The zero-order chi connectivity index (χ0) is 22.8. The first-order valence-electron chi connectivity index (χ1n) is 9.56. The van der Waals surface area contributed by atoms with E-state index < -0.39 is 29.2 Å². The minimum atomic E-state index is -2.02. The van der Waals surface area contributed by atoms with Gasteiger partial charge in [0.15, 0.2) is 5.41 Å². The molecule has 1 heterocycles. The van der Waals surface area contributed by atoms with Gasteiger partial charge < -0.3 is 20.1 Å². The summed E-state index contributed by atoms with van der Waals surface area (Å²) in [7, 11) is 1.41. The molecule has 9 heteroatoms. The Labute approximate surface area is 179 Å². The molecule has 2 aliphatic rings. The van der Waals surface area contributed by atoms with Crippen molar-refractivity contribution in [1.29, 1.82) is 15.8 Å². The highest BCUT2D eigenvalue weighted by molar-refractivity contribution is 5.69. The maximum Gasteiger partial charge on any atom is 0.410 e. The number of hydrogen-bond acceptors (Lipinski definition) is 7. The van der Waals surface area contributed by atoms with Gasteiger partial charge in [-0.05, 0) is 36.3 Å². The van der Waals surface area contributed by atoms with E-state index in [-0.39, 0.29) is 36.5 Å². The number of rotatable bonds is 3. The third-order valence-electron chi connectivity index (χ3n) is 5.73. The lowest BCUT2D eigenvalue weighted by molar-refractivity contribution is 0.0997. The second-order valence-corrected chi connectivity index (χ2v) is 7.17. The number of carbonyl (C=O) groups is 1. The summed E-state index contributed by atoms with van der Waals surface area (Å²) in [6.07, 6.45) is 1.06. The van der Waals surface area contributed by atoms with Gasteiger partial charge >= 0.3 is 6.09 Å². The van der Waals surface area contributed by atoms with Gasteiger partial charge in [0.05, 0.1) is 37.1 Å². The van der Waals surface area contributed by atoms with E-state index in [4.69, 9.17) is 15.2 Å². The lowest BCUT2D eigenvalue weighted by Gasteiger charge is -2.45. The molecule has 0 aromatic heterocycles. The molecule has 0 fully saturated rings. The van der Waals surface area contributed by atoms with Crippen molar-refractivity contribution >= 4 is 6.09 Å². The highest BCUT2D eigenvalue weighted by Crippen LogP contribution is 2.54. The second kappa shape index (κ2) is 8.38. The molecule has 31 heavy (non-hydrogen) atoms. The SMILES string of the molecule is CCOC(=O)N1CC=C2C(C#N)=C(N)C(C#N)(C#N)C(c3cc(OC)ccc3F)C2C1. The van der Waals surface area contributed by atoms with Crippen LogP contribution in [0.15, 0.2) is 41.1 Å². The predicted molar refractivity (Wildman–Crippen MR) is 106 cm³/mol. The molecule has 0 spiro atoms. The van der Waals surface area contributed by atoms with Crippen LogP contribution in [0.2, 0.25) is 0 Å². The molecule has 1 aliphatic heterocycles. The molecule has 1 aliphatic carbocycles. The van der Waals surface area contributed by atoms with Gasteiger partial charge in [-0.1, -0.05) is 6.08 Å². The Morgan fingerprint density at radius 3 is 2.65 bits per heavy atom. The Morgan fingerprint density at radius 2 is 2.06 bits per heavy atom. The molecule has 0 radical (unpaired) electrons. The van der Waals surface area contributed by atoms with E-state index in [0.717, 1.165) is 0 Å². The lowest BCUT2D eigenvalue weighted by Crippen LogP contribution is -2.49. The molecule has 0 saturated carbocycles. The number of nitrogens with two attached hydrogens (primary N) is 1. The molecule has 158 valence electrons. The van der Waals surface area contributed by atoms with Gasteiger partial charge in [0.25, 0.3) is 0 Å². The number of hydrogen-bond donors (Lipinski definition) is 1. The Kier molecular flexibility index (Phi) is 5.86. The molecular weight excluding hydrogens is 401 g/mol. The Morgan fingerprint density at radius 1 is 1.35 bits per heavy atom. The van der Waals surface area contributed by atoms with E-state index in [0.29, 0.717) is 11.3 Å². The van der Waals surface area contributed by atoms with Crippen LogP contribution in [0, 0.1) is 51.1 Å². The first-order valence-corrected chi connectivity index (χ1v) is 9.56. The fourth-order valence-corrected chi connectivity index (χ4v) is 4.27. The fourth-order valence-electron chi connectivity index (χ4n) is 4.27. The Bertz CT molecular complexity index is 1090. The average Bonchev–Trinajstić information content (AvgIpc) is 2.79. The molecule has 1 amide bonds. The zero-order valence-corrected chi connectivity index (χ0v) is 17.1. The van der Waals surface area contributed by atoms with Crippen LogP contribution < -0.4 is 10.5 Å². The minimum absolute atomic E-state index is 0.0103. The van der Waals surface area contributed by atoms with E-state index in [9.17, 15) is 20.6 Å². The van der Waals surface area contributed by atoms with Crippen LogP contribution in [0.5, 0.6) is 5.75 Å². The first kappa shape index (κ1) is 21.7. The van der Waals surface area contributed by atoms with Crippen molar-refractivity contribution in [2.24, 2.45) is 17.1 Å². The maximum absolute atomic E-state index is 15.0. The molecule has 2 unspecified atom stereocenters. The fraction of sp³-hybridized carbons (Fsp3) is 0.364. The standard InChI is InChI=1S/C22H20FN5O3/c1-3-31-21(29)28-7-6-14-16(9-24)20(27)22(11-25,12-26)19(17(14)10-28)15-8-13(30-2)4-5-18(15)23/h4-6,8,17,19H,3,7,10,27H2,1-2H3. The van der Waals surface area contributed by atoms with Gasteiger partial charge in [-0.15, -0.1) is 0 Å². The molecule has 2 N–H and O–H groups in total. The summed E-state index contributed by atoms with van der Waals surface area (Å²) in [5, 5.41) is 29.8. The maximum atomic E-state index is 15.0. The van der Waals surface area contributed by atoms with Crippen LogP contribution >= 0.6 is 0 Å². The van der Waals surface area contributed by atoms with Crippen LogP contribution in [0.4, 0.5) is 9.18 Å². The van der Waals surface area contributed by atoms with Gasteiger partial charge in [0.1, 0.15) is 17.6 Å². The largest absolute Gasteiger partial charge is 0.497 e. The molecule has 8 nitrogen and oxygen atoms in total. The predicted octanol–water partition coefficient (Wildman–Crippen LogP) is 2.72. The van der Waals surface area contributed by atoms with E-state index in [2.05, 4.69) is 0 Å². The number of halogens is 1.